The Morgan fingerprint density at radius 3 is 2.52 bits per heavy atom. The van der Waals surface area contributed by atoms with Crippen molar-refractivity contribution in [2.75, 3.05) is 0 Å². The number of hydrazone groups is 1. The summed E-state index contributed by atoms with van der Waals surface area (Å²) in [5.74, 6) is 0. The number of nitrogens with zero attached hydrogens (tertiary/aromatic N) is 1. The van der Waals surface area contributed by atoms with Gasteiger partial charge in [-0.2, -0.15) is 5.10 Å². The molecule has 0 unspecified atom stereocenters. The van der Waals surface area contributed by atoms with E-state index in [-0.39, 0.29) is 4.87 Å². The SMILES string of the molecule is Cc1ccc(C2=NN[C@](C)(c3ccc4c(c3)CCCC4)S2)cc1. The number of hydrogen-bond donors (Lipinski definition) is 1. The Morgan fingerprint density at radius 2 is 1.74 bits per heavy atom. The predicted octanol–water partition coefficient (Wildman–Crippen LogP) is 4.74. The highest BCUT2D eigenvalue weighted by atomic mass is 32.2. The van der Waals surface area contributed by atoms with E-state index in [4.69, 9.17) is 0 Å². The average Bonchev–Trinajstić information content (AvgIpc) is 2.99. The summed E-state index contributed by atoms with van der Waals surface area (Å²) in [5, 5.41) is 5.68. The highest BCUT2D eigenvalue weighted by Gasteiger charge is 2.35. The van der Waals surface area contributed by atoms with Crippen LogP contribution in [-0.2, 0) is 17.7 Å². The molecule has 3 heteroatoms. The number of rotatable bonds is 2. The van der Waals surface area contributed by atoms with E-state index in [1.54, 1.807) is 0 Å². The Bertz CT molecular complexity index is 764. The zero-order valence-electron chi connectivity index (χ0n) is 13.7. The fourth-order valence-corrected chi connectivity index (χ4v) is 4.44. The molecule has 2 aliphatic rings. The van der Waals surface area contributed by atoms with E-state index in [1.165, 1.54) is 53.5 Å². The average molecular weight is 322 g/mol. The van der Waals surface area contributed by atoms with Gasteiger partial charge < -0.3 is 0 Å². The first kappa shape index (κ1) is 14.8. The molecule has 0 saturated carbocycles. The van der Waals surface area contributed by atoms with Gasteiger partial charge in [0.05, 0.1) is 0 Å². The molecule has 2 aromatic carbocycles. The fraction of sp³-hybridized carbons (Fsp3) is 0.350. The normalized spacial score (nSPS) is 23.1. The summed E-state index contributed by atoms with van der Waals surface area (Å²) in [5.41, 5.74) is 10.2. The van der Waals surface area contributed by atoms with Crippen molar-refractivity contribution in [1.82, 2.24) is 5.43 Å². The molecule has 1 N–H and O–H groups in total. The van der Waals surface area contributed by atoms with Crippen molar-refractivity contribution in [3.05, 3.63) is 70.3 Å². The largest absolute Gasteiger partial charge is 0.288 e. The van der Waals surface area contributed by atoms with Crippen molar-refractivity contribution in [3.63, 3.8) is 0 Å². The van der Waals surface area contributed by atoms with Crippen LogP contribution in [0.3, 0.4) is 0 Å². The van der Waals surface area contributed by atoms with Gasteiger partial charge in [0.2, 0.25) is 0 Å². The number of benzene rings is 2. The van der Waals surface area contributed by atoms with Crippen molar-refractivity contribution in [1.29, 1.82) is 0 Å². The Labute approximate surface area is 142 Å². The second-order valence-corrected chi connectivity index (χ2v) is 8.13. The van der Waals surface area contributed by atoms with Crippen LogP contribution in [0, 0.1) is 6.92 Å². The van der Waals surface area contributed by atoms with Gasteiger partial charge in [-0.1, -0.05) is 59.8 Å². The molecule has 118 valence electrons. The molecule has 0 fully saturated rings. The molecule has 0 radical (unpaired) electrons. The minimum Gasteiger partial charge on any atom is -0.288 e. The lowest BCUT2D eigenvalue weighted by Gasteiger charge is -2.26. The predicted molar refractivity (Wildman–Crippen MR) is 98.9 cm³/mol. The quantitative estimate of drug-likeness (QED) is 0.863. The summed E-state index contributed by atoms with van der Waals surface area (Å²) >= 11 is 1.81. The van der Waals surface area contributed by atoms with Crippen molar-refractivity contribution in [3.8, 4) is 0 Å². The van der Waals surface area contributed by atoms with E-state index < -0.39 is 0 Å². The van der Waals surface area contributed by atoms with Gasteiger partial charge >= 0.3 is 0 Å². The molecule has 1 heterocycles. The lowest BCUT2D eigenvalue weighted by atomic mass is 9.89. The summed E-state index contributed by atoms with van der Waals surface area (Å²) in [7, 11) is 0. The number of hydrogen-bond acceptors (Lipinski definition) is 3. The number of nitrogens with one attached hydrogen (secondary N) is 1. The molecule has 0 spiro atoms. The van der Waals surface area contributed by atoms with Gasteiger partial charge in [0.25, 0.3) is 0 Å². The van der Waals surface area contributed by atoms with E-state index >= 15 is 0 Å². The monoisotopic (exact) mass is 322 g/mol. The van der Waals surface area contributed by atoms with E-state index in [1.807, 2.05) is 11.8 Å². The van der Waals surface area contributed by atoms with E-state index in [0.29, 0.717) is 0 Å². The standard InChI is InChI=1S/C20H22N2S/c1-14-7-9-16(10-8-14)19-21-22-20(2,23-19)18-12-11-15-5-3-4-6-17(15)13-18/h7-13,22H,3-6H2,1-2H3/t20-/m0/s1. The molecule has 2 nitrogen and oxygen atoms in total. The molecule has 0 aromatic heterocycles. The summed E-state index contributed by atoms with van der Waals surface area (Å²) < 4.78 is 0. The first-order valence-electron chi connectivity index (χ1n) is 8.37. The van der Waals surface area contributed by atoms with Gasteiger partial charge in [-0.3, -0.25) is 5.43 Å². The molecule has 23 heavy (non-hydrogen) atoms. The third-order valence-corrected chi connectivity index (χ3v) is 6.13. The molecule has 4 rings (SSSR count). The summed E-state index contributed by atoms with van der Waals surface area (Å²) in [6.45, 7) is 4.34. The second-order valence-electron chi connectivity index (χ2n) is 6.72. The highest BCUT2D eigenvalue weighted by Crippen LogP contribution is 2.41. The maximum Gasteiger partial charge on any atom is 0.128 e. The third kappa shape index (κ3) is 2.78. The second kappa shape index (κ2) is 5.72. The Balaban J connectivity index is 1.59. The van der Waals surface area contributed by atoms with Gasteiger partial charge in [-0.25, -0.2) is 0 Å². The van der Waals surface area contributed by atoms with E-state index in [0.717, 1.165) is 5.04 Å². The van der Waals surface area contributed by atoms with Gasteiger partial charge in [-0.15, -0.1) is 0 Å². The first-order valence-corrected chi connectivity index (χ1v) is 9.19. The molecule has 0 bridgehead atoms. The molecule has 0 amide bonds. The molecular formula is C20H22N2S. The van der Waals surface area contributed by atoms with Gasteiger partial charge in [-0.05, 0) is 56.2 Å². The van der Waals surface area contributed by atoms with E-state index in [2.05, 4.69) is 66.8 Å². The van der Waals surface area contributed by atoms with Gasteiger partial charge in [0.15, 0.2) is 0 Å². The minimum absolute atomic E-state index is 0.174. The van der Waals surface area contributed by atoms with Crippen LogP contribution in [0.15, 0.2) is 47.6 Å². The number of thioether (sulfide) groups is 1. The lowest BCUT2D eigenvalue weighted by molar-refractivity contribution is 0.560. The summed E-state index contributed by atoms with van der Waals surface area (Å²) in [6, 6.07) is 15.6. The number of fused-ring (bicyclic) bond motifs is 1. The van der Waals surface area contributed by atoms with Crippen molar-refractivity contribution < 1.29 is 0 Å². The first-order chi connectivity index (χ1) is 11.1. The highest BCUT2D eigenvalue weighted by molar-refractivity contribution is 8.15. The van der Waals surface area contributed by atoms with Crippen LogP contribution in [0.1, 0.15) is 47.6 Å². The molecule has 1 aliphatic heterocycles. The van der Waals surface area contributed by atoms with Crippen LogP contribution >= 0.6 is 11.8 Å². The molecule has 0 saturated heterocycles. The molecule has 1 atom stereocenters. The zero-order valence-corrected chi connectivity index (χ0v) is 14.5. The van der Waals surface area contributed by atoms with Crippen molar-refractivity contribution in [2.45, 2.75) is 44.4 Å². The van der Waals surface area contributed by atoms with Crippen LogP contribution < -0.4 is 5.43 Å². The van der Waals surface area contributed by atoms with Gasteiger partial charge in [0, 0.05) is 5.56 Å². The van der Waals surface area contributed by atoms with Crippen LogP contribution in [0.5, 0.6) is 0 Å². The van der Waals surface area contributed by atoms with E-state index in [9.17, 15) is 0 Å². The van der Waals surface area contributed by atoms with Crippen molar-refractivity contribution in [2.24, 2.45) is 5.10 Å². The van der Waals surface area contributed by atoms with Gasteiger partial charge in [0.1, 0.15) is 9.91 Å². The van der Waals surface area contributed by atoms with Crippen molar-refractivity contribution >= 4 is 16.8 Å². The van der Waals surface area contributed by atoms with Crippen LogP contribution in [-0.4, -0.2) is 5.04 Å². The topological polar surface area (TPSA) is 24.4 Å². The Hall–Kier alpha value is -1.74. The smallest absolute Gasteiger partial charge is 0.128 e. The fourth-order valence-electron chi connectivity index (χ4n) is 3.37. The zero-order chi connectivity index (χ0) is 15.9. The summed E-state index contributed by atoms with van der Waals surface area (Å²) in [6.07, 6.45) is 5.10. The summed E-state index contributed by atoms with van der Waals surface area (Å²) in [4.78, 5) is -0.174. The maximum absolute atomic E-state index is 4.61. The Morgan fingerprint density at radius 1 is 1.00 bits per heavy atom. The molecule has 2 aromatic rings. The maximum atomic E-state index is 4.61. The molecular weight excluding hydrogens is 300 g/mol. The third-order valence-electron chi connectivity index (χ3n) is 4.87. The minimum atomic E-state index is -0.174. The van der Waals surface area contributed by atoms with Crippen LogP contribution in [0.25, 0.3) is 0 Å². The van der Waals surface area contributed by atoms with Crippen LogP contribution in [0.2, 0.25) is 0 Å². The molecule has 1 aliphatic carbocycles. The number of aryl methyl sites for hydroxylation is 3. The Kier molecular flexibility index (Phi) is 3.68. The van der Waals surface area contributed by atoms with Crippen LogP contribution in [0.4, 0.5) is 0 Å². The lowest BCUT2D eigenvalue weighted by Crippen LogP contribution is -2.29.